The van der Waals surface area contributed by atoms with Crippen molar-refractivity contribution in [2.24, 2.45) is 0 Å². The van der Waals surface area contributed by atoms with Crippen molar-refractivity contribution in [2.75, 3.05) is 6.54 Å². The highest BCUT2D eigenvalue weighted by Crippen LogP contribution is 2.37. The fraction of sp³-hybridized carbons (Fsp3) is 0.300. The molecule has 3 rings (SSSR count). The fourth-order valence-electron chi connectivity index (χ4n) is 1.67. The van der Waals surface area contributed by atoms with Crippen molar-refractivity contribution < 1.29 is 0 Å². The first-order valence-corrected chi connectivity index (χ1v) is 7.26. The Hall–Kier alpha value is -0.230. The Kier molecular flexibility index (Phi) is 2.64. The third kappa shape index (κ3) is 1.78. The molecule has 0 unspecified atom stereocenters. The second-order valence-electron chi connectivity index (χ2n) is 3.41. The molecule has 0 aromatic carbocycles. The summed E-state index contributed by atoms with van der Waals surface area (Å²) in [6.07, 6.45) is 1.06. The number of hydrogen-bond donors (Lipinski definition) is 1. The summed E-state index contributed by atoms with van der Waals surface area (Å²) in [7, 11) is 0. The van der Waals surface area contributed by atoms with E-state index in [1.54, 1.807) is 11.3 Å². The third-order valence-corrected chi connectivity index (χ3v) is 5.50. The number of nitrogens with zero attached hydrogens (tertiary/aromatic N) is 1. The number of rotatable bonds is 1. The highest BCUT2D eigenvalue weighted by Gasteiger charge is 2.17. The van der Waals surface area contributed by atoms with Crippen LogP contribution < -0.4 is 5.32 Å². The molecule has 15 heavy (non-hydrogen) atoms. The maximum Gasteiger partial charge on any atom is 0.135 e. The Bertz CT molecular complexity index is 466. The van der Waals surface area contributed by atoms with Gasteiger partial charge < -0.3 is 5.32 Å². The quantitative estimate of drug-likeness (QED) is 0.874. The lowest BCUT2D eigenvalue weighted by Gasteiger charge is -2.09. The van der Waals surface area contributed by atoms with Gasteiger partial charge in [0.15, 0.2) is 0 Å². The molecule has 2 aromatic heterocycles. The molecule has 0 saturated heterocycles. The molecule has 2 aromatic rings. The van der Waals surface area contributed by atoms with Crippen LogP contribution in [0.2, 0.25) is 0 Å². The highest BCUT2D eigenvalue weighted by atomic mass is 79.9. The molecule has 0 radical (unpaired) electrons. The second kappa shape index (κ2) is 3.97. The van der Waals surface area contributed by atoms with E-state index >= 15 is 0 Å². The molecule has 0 atom stereocenters. The average molecular weight is 301 g/mol. The van der Waals surface area contributed by atoms with Gasteiger partial charge in [0.2, 0.25) is 0 Å². The zero-order valence-corrected chi connectivity index (χ0v) is 11.1. The predicted octanol–water partition coefficient (Wildman–Crippen LogP) is 3.28. The lowest BCUT2D eigenvalue weighted by Crippen LogP contribution is -2.22. The number of thiophene rings is 1. The third-order valence-electron chi connectivity index (χ3n) is 2.41. The molecule has 0 spiro atoms. The van der Waals surface area contributed by atoms with Crippen molar-refractivity contribution in [1.29, 1.82) is 0 Å². The fourth-order valence-corrected chi connectivity index (χ4v) is 4.54. The normalized spacial score (nSPS) is 15.3. The minimum atomic E-state index is 0.982. The number of fused-ring (bicyclic) bond motifs is 1. The van der Waals surface area contributed by atoms with Gasteiger partial charge in [-0.15, -0.1) is 22.7 Å². The first-order valence-electron chi connectivity index (χ1n) is 4.77. The van der Waals surface area contributed by atoms with E-state index in [9.17, 15) is 0 Å². The summed E-state index contributed by atoms with van der Waals surface area (Å²) in [5.74, 6) is 0. The number of thiazole rings is 1. The first kappa shape index (κ1) is 9.96. The van der Waals surface area contributed by atoms with Gasteiger partial charge in [-0.25, -0.2) is 4.98 Å². The molecule has 5 heteroatoms. The lowest BCUT2D eigenvalue weighted by atomic mass is 10.2. The zero-order valence-electron chi connectivity index (χ0n) is 7.92. The Morgan fingerprint density at radius 1 is 1.47 bits per heavy atom. The van der Waals surface area contributed by atoms with Crippen molar-refractivity contribution in [3.63, 3.8) is 0 Å². The van der Waals surface area contributed by atoms with Crippen LogP contribution in [0.25, 0.3) is 9.88 Å². The molecule has 0 amide bonds. The molecular formula is C10H9BrN2S2. The van der Waals surface area contributed by atoms with Crippen molar-refractivity contribution >= 4 is 38.6 Å². The van der Waals surface area contributed by atoms with Crippen LogP contribution in [0.15, 0.2) is 15.9 Å². The molecule has 1 aliphatic heterocycles. The molecule has 3 heterocycles. The Morgan fingerprint density at radius 3 is 3.13 bits per heavy atom. The molecule has 78 valence electrons. The highest BCUT2D eigenvalue weighted by molar-refractivity contribution is 9.10. The summed E-state index contributed by atoms with van der Waals surface area (Å²) in [5.41, 5.74) is 1.29. The maximum absolute atomic E-state index is 4.71. The van der Waals surface area contributed by atoms with Gasteiger partial charge in [0.1, 0.15) is 5.01 Å². The van der Waals surface area contributed by atoms with E-state index in [2.05, 4.69) is 32.7 Å². The van der Waals surface area contributed by atoms with E-state index in [0.29, 0.717) is 0 Å². The van der Waals surface area contributed by atoms with Crippen LogP contribution in [-0.4, -0.2) is 11.5 Å². The molecule has 0 aliphatic carbocycles. The van der Waals surface area contributed by atoms with Gasteiger partial charge in [-0.05, 0) is 27.4 Å². The summed E-state index contributed by atoms with van der Waals surface area (Å²) in [6.45, 7) is 2.04. The van der Waals surface area contributed by atoms with E-state index in [0.717, 1.165) is 29.0 Å². The predicted molar refractivity (Wildman–Crippen MR) is 68.5 cm³/mol. The molecule has 0 fully saturated rings. The van der Waals surface area contributed by atoms with Crippen LogP contribution in [0.4, 0.5) is 0 Å². The SMILES string of the molecule is Brc1ccsc1-c1nc2c(s1)CNCC2. The van der Waals surface area contributed by atoms with Crippen LogP contribution in [0.1, 0.15) is 10.6 Å². The molecular weight excluding hydrogens is 292 g/mol. The minimum Gasteiger partial charge on any atom is -0.311 e. The van der Waals surface area contributed by atoms with E-state index in [4.69, 9.17) is 4.98 Å². The Morgan fingerprint density at radius 2 is 2.40 bits per heavy atom. The van der Waals surface area contributed by atoms with Crippen LogP contribution in [0, 0.1) is 0 Å². The first-order chi connectivity index (χ1) is 7.34. The maximum atomic E-state index is 4.71. The monoisotopic (exact) mass is 300 g/mol. The Balaban J connectivity index is 2.06. The standard InChI is InChI=1S/C10H9BrN2S2/c11-6-2-4-14-9(6)10-13-7-1-3-12-5-8(7)15-10/h2,4,12H,1,3,5H2. The molecule has 1 aliphatic rings. The van der Waals surface area contributed by atoms with Crippen molar-refractivity contribution in [2.45, 2.75) is 13.0 Å². The largest absolute Gasteiger partial charge is 0.311 e. The van der Waals surface area contributed by atoms with E-state index in [-0.39, 0.29) is 0 Å². The minimum absolute atomic E-state index is 0.982. The van der Waals surface area contributed by atoms with Gasteiger partial charge in [-0.3, -0.25) is 0 Å². The lowest BCUT2D eigenvalue weighted by molar-refractivity contribution is 0.644. The second-order valence-corrected chi connectivity index (χ2v) is 6.27. The zero-order chi connectivity index (χ0) is 10.3. The molecule has 2 nitrogen and oxygen atoms in total. The molecule has 1 N–H and O–H groups in total. The van der Waals surface area contributed by atoms with Crippen LogP contribution >= 0.6 is 38.6 Å². The van der Waals surface area contributed by atoms with E-state index in [1.165, 1.54) is 15.4 Å². The van der Waals surface area contributed by atoms with Crippen LogP contribution in [-0.2, 0) is 13.0 Å². The van der Waals surface area contributed by atoms with Crippen molar-refractivity contribution in [3.05, 3.63) is 26.5 Å². The summed E-state index contributed by atoms with van der Waals surface area (Å²) < 4.78 is 1.16. The summed E-state index contributed by atoms with van der Waals surface area (Å²) in [6, 6.07) is 2.08. The van der Waals surface area contributed by atoms with Gasteiger partial charge in [0.05, 0.1) is 10.6 Å². The molecule has 0 saturated carbocycles. The average Bonchev–Trinajstić information content (AvgIpc) is 2.82. The van der Waals surface area contributed by atoms with Crippen LogP contribution in [0.5, 0.6) is 0 Å². The summed E-state index contributed by atoms with van der Waals surface area (Å²) in [4.78, 5) is 7.37. The van der Waals surface area contributed by atoms with E-state index in [1.807, 2.05) is 11.3 Å². The van der Waals surface area contributed by atoms with E-state index < -0.39 is 0 Å². The summed E-state index contributed by atoms with van der Waals surface area (Å²) in [5, 5.41) is 6.63. The number of aromatic nitrogens is 1. The molecule has 0 bridgehead atoms. The van der Waals surface area contributed by atoms with Crippen molar-refractivity contribution in [1.82, 2.24) is 10.3 Å². The topological polar surface area (TPSA) is 24.9 Å². The number of halogens is 1. The summed E-state index contributed by atoms with van der Waals surface area (Å²) >= 11 is 7.12. The van der Waals surface area contributed by atoms with Gasteiger partial charge in [-0.1, -0.05) is 0 Å². The van der Waals surface area contributed by atoms with Crippen LogP contribution in [0.3, 0.4) is 0 Å². The Labute approximate surface area is 104 Å². The smallest absolute Gasteiger partial charge is 0.135 e. The van der Waals surface area contributed by atoms with Crippen molar-refractivity contribution in [3.8, 4) is 9.88 Å². The number of hydrogen-bond acceptors (Lipinski definition) is 4. The van der Waals surface area contributed by atoms with Gasteiger partial charge >= 0.3 is 0 Å². The van der Waals surface area contributed by atoms with Gasteiger partial charge in [0.25, 0.3) is 0 Å². The van der Waals surface area contributed by atoms with Gasteiger partial charge in [0, 0.05) is 28.9 Å². The van der Waals surface area contributed by atoms with Gasteiger partial charge in [-0.2, -0.15) is 0 Å². The number of nitrogens with one attached hydrogen (secondary N) is 1.